The van der Waals surface area contributed by atoms with Crippen LogP contribution < -0.4 is 20.7 Å². The zero-order chi connectivity index (χ0) is 26.5. The molecule has 0 radical (unpaired) electrons. The summed E-state index contributed by atoms with van der Waals surface area (Å²) in [6.07, 6.45) is 3.35. The monoisotopic (exact) mass is 529 g/mol. The lowest BCUT2D eigenvalue weighted by molar-refractivity contribution is -0.117. The molecule has 0 spiro atoms. The normalized spacial score (nSPS) is 17.0. The molecule has 0 aliphatic carbocycles. The Kier molecular flexibility index (Phi) is 8.52. The van der Waals surface area contributed by atoms with E-state index in [0.717, 1.165) is 39.0 Å². The van der Waals surface area contributed by atoms with E-state index in [4.69, 9.17) is 17.0 Å². The fourth-order valence-corrected chi connectivity index (χ4v) is 4.81. The van der Waals surface area contributed by atoms with E-state index in [9.17, 15) is 14.0 Å². The Morgan fingerprint density at radius 3 is 2.54 bits per heavy atom. The Bertz CT molecular complexity index is 1150. The van der Waals surface area contributed by atoms with Crippen LogP contribution in [0.1, 0.15) is 19.8 Å². The zero-order valence-electron chi connectivity index (χ0n) is 21.2. The summed E-state index contributed by atoms with van der Waals surface area (Å²) in [6, 6.07) is 7.88. The highest BCUT2D eigenvalue weighted by atomic mass is 32.1. The topological polar surface area (TPSA) is 102 Å². The Hall–Kier alpha value is -3.35. The Morgan fingerprint density at radius 2 is 1.89 bits per heavy atom. The minimum atomic E-state index is -0.627. The number of rotatable bonds is 6. The fourth-order valence-electron chi connectivity index (χ4n) is 4.55. The summed E-state index contributed by atoms with van der Waals surface area (Å²) >= 11 is 4.98. The molecule has 2 aliphatic rings. The first-order valence-corrected chi connectivity index (χ1v) is 12.6. The molecule has 3 N–H and O–H groups in total. The van der Waals surface area contributed by atoms with E-state index >= 15 is 0 Å². The van der Waals surface area contributed by atoms with Crippen LogP contribution in [0.15, 0.2) is 36.5 Å². The van der Waals surface area contributed by atoms with Crippen LogP contribution in [0.25, 0.3) is 0 Å². The Balaban J connectivity index is 1.30. The molecule has 0 saturated carbocycles. The lowest BCUT2D eigenvalue weighted by atomic mass is 9.99. The third-order valence-corrected chi connectivity index (χ3v) is 6.81. The first kappa shape index (κ1) is 26.7. The molecule has 0 atom stereocenters. The van der Waals surface area contributed by atoms with E-state index in [-0.39, 0.29) is 28.8 Å². The molecule has 2 fully saturated rings. The molecule has 4 rings (SSSR count). The van der Waals surface area contributed by atoms with Crippen LogP contribution in [-0.2, 0) is 4.79 Å². The second kappa shape index (κ2) is 11.8. The number of hydrogen-bond acceptors (Lipinski definition) is 7. The van der Waals surface area contributed by atoms with Crippen molar-refractivity contribution in [2.24, 2.45) is 0 Å². The highest BCUT2D eigenvalue weighted by Crippen LogP contribution is 2.28. The van der Waals surface area contributed by atoms with Gasteiger partial charge in [0.05, 0.1) is 0 Å². The van der Waals surface area contributed by atoms with Gasteiger partial charge in [-0.1, -0.05) is 0 Å². The SMILES string of the molecule is CC(=O)NC(=S)Nc1ccc(Oc2ccnc(NC(=O)N(C)C3CCN(C4CN(C)C4)CC3)c2)c(F)c1. The number of piperidine rings is 1. The predicted octanol–water partition coefficient (Wildman–Crippen LogP) is 3.09. The molecule has 3 amide bonds. The number of carbonyl (C=O) groups excluding carboxylic acids is 2. The Labute approximate surface area is 221 Å². The highest BCUT2D eigenvalue weighted by Gasteiger charge is 2.33. The van der Waals surface area contributed by atoms with Crippen molar-refractivity contribution in [3.05, 3.63) is 42.3 Å². The largest absolute Gasteiger partial charge is 0.454 e. The summed E-state index contributed by atoms with van der Waals surface area (Å²) in [4.78, 5) is 34.7. The number of nitrogens with one attached hydrogen (secondary N) is 3. The van der Waals surface area contributed by atoms with E-state index in [2.05, 4.69) is 37.8 Å². The van der Waals surface area contributed by atoms with E-state index in [1.807, 2.05) is 0 Å². The number of carbonyl (C=O) groups is 2. The van der Waals surface area contributed by atoms with E-state index in [0.29, 0.717) is 23.3 Å². The number of likely N-dealkylation sites (tertiary alicyclic amines) is 2. The van der Waals surface area contributed by atoms with Crippen molar-refractivity contribution in [3.63, 3.8) is 0 Å². The minimum Gasteiger partial charge on any atom is -0.454 e. The maximum Gasteiger partial charge on any atom is 0.323 e. The minimum absolute atomic E-state index is 0.0130. The van der Waals surface area contributed by atoms with Gasteiger partial charge in [0.1, 0.15) is 11.6 Å². The summed E-state index contributed by atoms with van der Waals surface area (Å²) < 4.78 is 20.3. The maximum absolute atomic E-state index is 14.6. The molecule has 2 aromatic rings. The van der Waals surface area contributed by atoms with Gasteiger partial charge in [-0.2, -0.15) is 0 Å². The number of thiocarbonyl (C=S) groups is 1. The number of nitrogens with zero attached hydrogens (tertiary/aromatic N) is 4. The predicted molar refractivity (Wildman–Crippen MR) is 143 cm³/mol. The molecule has 12 heteroatoms. The average molecular weight is 530 g/mol. The van der Waals surface area contributed by atoms with Crippen LogP contribution in [-0.4, -0.2) is 89.1 Å². The molecule has 198 valence electrons. The van der Waals surface area contributed by atoms with Crippen LogP contribution in [0, 0.1) is 5.82 Å². The number of amides is 3. The second-order valence-corrected chi connectivity index (χ2v) is 9.85. The fraction of sp³-hybridized carbons (Fsp3) is 0.440. The number of hydrogen-bond donors (Lipinski definition) is 3. The van der Waals surface area contributed by atoms with Gasteiger partial charge in [0.2, 0.25) is 5.91 Å². The van der Waals surface area contributed by atoms with Crippen LogP contribution in [0.2, 0.25) is 0 Å². The molecule has 1 aromatic heterocycles. The molecular formula is C25H32FN7O3S. The van der Waals surface area contributed by atoms with Crippen molar-refractivity contribution in [1.82, 2.24) is 25.0 Å². The number of pyridine rings is 1. The summed E-state index contributed by atoms with van der Waals surface area (Å²) in [5, 5.41) is 8.01. The van der Waals surface area contributed by atoms with Crippen molar-refractivity contribution in [2.45, 2.75) is 31.8 Å². The Morgan fingerprint density at radius 1 is 1.16 bits per heavy atom. The van der Waals surface area contributed by atoms with Gasteiger partial charge in [0.25, 0.3) is 0 Å². The van der Waals surface area contributed by atoms with Crippen molar-refractivity contribution >= 4 is 40.8 Å². The smallest absolute Gasteiger partial charge is 0.323 e. The van der Waals surface area contributed by atoms with E-state index in [1.165, 1.54) is 25.3 Å². The van der Waals surface area contributed by atoms with Gasteiger partial charge < -0.3 is 25.2 Å². The lowest BCUT2D eigenvalue weighted by Gasteiger charge is -2.47. The molecule has 2 aliphatic heterocycles. The summed E-state index contributed by atoms with van der Waals surface area (Å²) in [5.74, 6) is -0.338. The van der Waals surface area contributed by atoms with Gasteiger partial charge >= 0.3 is 6.03 Å². The lowest BCUT2D eigenvalue weighted by Crippen LogP contribution is -2.60. The molecule has 0 unspecified atom stereocenters. The van der Waals surface area contributed by atoms with Gasteiger partial charge in [-0.3, -0.25) is 15.0 Å². The molecule has 3 heterocycles. The quantitative estimate of drug-likeness (QED) is 0.491. The number of halogens is 1. The van der Waals surface area contributed by atoms with Crippen molar-refractivity contribution < 1.29 is 18.7 Å². The number of urea groups is 1. The first-order valence-electron chi connectivity index (χ1n) is 12.2. The van der Waals surface area contributed by atoms with Gasteiger partial charge in [-0.25, -0.2) is 14.2 Å². The first-order chi connectivity index (χ1) is 17.7. The molecule has 1 aromatic carbocycles. The van der Waals surface area contributed by atoms with Gasteiger partial charge in [0, 0.05) is 76.3 Å². The number of anilines is 2. The van der Waals surface area contributed by atoms with E-state index < -0.39 is 5.82 Å². The van der Waals surface area contributed by atoms with Crippen LogP contribution in [0.3, 0.4) is 0 Å². The van der Waals surface area contributed by atoms with E-state index in [1.54, 1.807) is 30.1 Å². The van der Waals surface area contributed by atoms with Gasteiger partial charge in [0.15, 0.2) is 16.7 Å². The number of benzene rings is 1. The number of likely N-dealkylation sites (N-methyl/N-ethyl adjacent to an activating group) is 1. The van der Waals surface area contributed by atoms with Crippen LogP contribution >= 0.6 is 12.2 Å². The maximum atomic E-state index is 14.6. The number of aromatic nitrogens is 1. The molecule has 2 saturated heterocycles. The van der Waals surface area contributed by atoms with Crippen molar-refractivity contribution in [1.29, 1.82) is 0 Å². The summed E-state index contributed by atoms with van der Waals surface area (Å²) in [7, 11) is 3.93. The third kappa shape index (κ3) is 7.12. The second-order valence-electron chi connectivity index (χ2n) is 9.44. The third-order valence-electron chi connectivity index (χ3n) is 6.60. The highest BCUT2D eigenvalue weighted by molar-refractivity contribution is 7.80. The zero-order valence-corrected chi connectivity index (χ0v) is 22.0. The molecule has 10 nitrogen and oxygen atoms in total. The standard InChI is InChI=1S/C25H32FN7O3S/c1-16(34)28-24(37)29-17-4-5-22(21(26)12-17)36-20-6-9-27-23(13-20)30-25(35)32(3)18-7-10-33(11-8-18)19-14-31(2)15-19/h4-6,9,12-13,18-19H,7-8,10-11,14-15H2,1-3H3,(H,27,30,35)(H2,28,29,34,37). The van der Waals surface area contributed by atoms with Crippen LogP contribution in [0.5, 0.6) is 11.5 Å². The number of ether oxygens (including phenoxy) is 1. The van der Waals surface area contributed by atoms with Crippen molar-refractivity contribution in [3.8, 4) is 11.5 Å². The molecule has 37 heavy (non-hydrogen) atoms. The summed E-state index contributed by atoms with van der Waals surface area (Å²) in [6.45, 7) is 5.53. The van der Waals surface area contributed by atoms with Crippen LogP contribution in [0.4, 0.5) is 20.7 Å². The molecular weight excluding hydrogens is 497 g/mol. The summed E-state index contributed by atoms with van der Waals surface area (Å²) in [5.41, 5.74) is 0.361. The average Bonchev–Trinajstić information content (AvgIpc) is 2.83. The van der Waals surface area contributed by atoms with Crippen molar-refractivity contribution in [2.75, 3.05) is 50.9 Å². The van der Waals surface area contributed by atoms with Gasteiger partial charge in [-0.15, -0.1) is 0 Å². The van der Waals surface area contributed by atoms with Gasteiger partial charge in [-0.05, 0) is 50.3 Å². The molecule has 0 bridgehead atoms.